The molecule has 35 heavy (non-hydrogen) atoms. The van der Waals surface area contributed by atoms with Gasteiger partial charge < -0.3 is 19.9 Å². The van der Waals surface area contributed by atoms with Gasteiger partial charge in [0.2, 0.25) is 11.8 Å². The van der Waals surface area contributed by atoms with Crippen LogP contribution in [0.25, 0.3) is 0 Å². The van der Waals surface area contributed by atoms with E-state index in [0.717, 1.165) is 38.9 Å². The van der Waals surface area contributed by atoms with Gasteiger partial charge in [-0.05, 0) is 77.3 Å². The molecule has 0 saturated carbocycles. The van der Waals surface area contributed by atoms with Crippen molar-refractivity contribution in [2.45, 2.75) is 90.3 Å². The fraction of sp³-hybridized carbons (Fsp3) is 0.679. The summed E-state index contributed by atoms with van der Waals surface area (Å²) in [5.41, 5.74) is -0.274. The third kappa shape index (κ3) is 7.29. The summed E-state index contributed by atoms with van der Waals surface area (Å²) in [5.74, 6) is -0.513. The van der Waals surface area contributed by atoms with Gasteiger partial charge in [-0.1, -0.05) is 44.2 Å². The third-order valence-corrected chi connectivity index (χ3v) is 6.94. The van der Waals surface area contributed by atoms with Gasteiger partial charge in [0, 0.05) is 13.1 Å². The van der Waals surface area contributed by atoms with Gasteiger partial charge in [0.1, 0.15) is 23.7 Å². The number of piperidine rings is 1. The first kappa shape index (κ1) is 27.2. The SMILES string of the molecule is CC(C)C[C@@H]1NC(=O)C2(CCN(CCCCc3ccccc3)CC2)N(CC(=O)OC(C)(C)C)C1=O. The summed E-state index contributed by atoms with van der Waals surface area (Å²) < 4.78 is 5.52. The Morgan fingerprint density at radius 2 is 1.77 bits per heavy atom. The summed E-state index contributed by atoms with van der Waals surface area (Å²) in [6.45, 7) is 11.7. The number of nitrogens with one attached hydrogen (secondary N) is 1. The van der Waals surface area contributed by atoms with E-state index in [-0.39, 0.29) is 24.3 Å². The lowest BCUT2D eigenvalue weighted by Gasteiger charge is -2.51. The van der Waals surface area contributed by atoms with E-state index in [4.69, 9.17) is 4.74 Å². The maximum atomic E-state index is 13.5. The standard InChI is InChI=1S/C28H43N3O4/c1-21(2)19-23-25(33)31(20-24(32)35-27(3,4)5)28(26(34)29-23)14-17-30(18-15-28)16-10-9-13-22-11-7-6-8-12-22/h6-8,11-12,21,23H,9-10,13-20H2,1-5H3,(H,29,34)/t23-/m0/s1. The van der Waals surface area contributed by atoms with Crippen LogP contribution >= 0.6 is 0 Å². The van der Waals surface area contributed by atoms with Crippen molar-refractivity contribution in [2.75, 3.05) is 26.2 Å². The van der Waals surface area contributed by atoms with Crippen LogP contribution in [0.5, 0.6) is 0 Å². The first-order valence-corrected chi connectivity index (χ1v) is 13.1. The van der Waals surface area contributed by atoms with Crippen molar-refractivity contribution in [2.24, 2.45) is 5.92 Å². The fourth-order valence-corrected chi connectivity index (χ4v) is 5.19. The molecule has 2 fully saturated rings. The number of hydrogen-bond acceptors (Lipinski definition) is 5. The van der Waals surface area contributed by atoms with Gasteiger partial charge in [-0.15, -0.1) is 0 Å². The number of hydrogen-bond donors (Lipinski definition) is 1. The Morgan fingerprint density at radius 3 is 2.37 bits per heavy atom. The van der Waals surface area contributed by atoms with Crippen LogP contribution < -0.4 is 5.32 Å². The van der Waals surface area contributed by atoms with Crippen molar-refractivity contribution in [3.05, 3.63) is 35.9 Å². The molecule has 2 aliphatic rings. The molecule has 194 valence electrons. The molecule has 2 aliphatic heterocycles. The Balaban J connectivity index is 1.63. The van der Waals surface area contributed by atoms with Crippen LogP contribution in [0.4, 0.5) is 0 Å². The topological polar surface area (TPSA) is 79.0 Å². The van der Waals surface area contributed by atoms with Crippen LogP contribution in [0.2, 0.25) is 0 Å². The maximum Gasteiger partial charge on any atom is 0.326 e. The van der Waals surface area contributed by atoms with E-state index in [1.165, 1.54) is 5.56 Å². The Hall–Kier alpha value is -2.41. The smallest absolute Gasteiger partial charge is 0.326 e. The van der Waals surface area contributed by atoms with E-state index in [0.29, 0.717) is 19.3 Å². The van der Waals surface area contributed by atoms with Crippen LogP contribution in [0.15, 0.2) is 30.3 Å². The molecule has 1 aromatic carbocycles. The van der Waals surface area contributed by atoms with Crippen LogP contribution in [0, 0.1) is 5.92 Å². The minimum atomic E-state index is -0.984. The van der Waals surface area contributed by atoms with Gasteiger partial charge in [0.15, 0.2) is 0 Å². The molecule has 2 amide bonds. The summed E-state index contributed by atoms with van der Waals surface area (Å²) in [6, 6.07) is 9.92. The highest BCUT2D eigenvalue weighted by molar-refractivity contribution is 6.01. The van der Waals surface area contributed by atoms with E-state index in [9.17, 15) is 14.4 Å². The largest absolute Gasteiger partial charge is 0.459 e. The molecule has 0 unspecified atom stereocenters. The molecule has 7 heteroatoms. The summed E-state index contributed by atoms with van der Waals surface area (Å²) in [5, 5.41) is 2.99. The highest BCUT2D eigenvalue weighted by atomic mass is 16.6. The molecule has 1 aromatic rings. The molecule has 0 radical (unpaired) electrons. The second-order valence-electron chi connectivity index (χ2n) is 11.5. The zero-order chi connectivity index (χ0) is 25.6. The lowest BCUT2D eigenvalue weighted by atomic mass is 9.81. The van der Waals surface area contributed by atoms with Crippen molar-refractivity contribution in [3.8, 4) is 0 Å². The number of rotatable bonds is 9. The Bertz CT molecular complexity index is 870. The number of ether oxygens (including phenoxy) is 1. The van der Waals surface area contributed by atoms with Crippen molar-refractivity contribution >= 4 is 17.8 Å². The first-order valence-electron chi connectivity index (χ1n) is 13.1. The number of likely N-dealkylation sites (tertiary alicyclic amines) is 1. The lowest BCUT2D eigenvalue weighted by molar-refractivity contribution is -0.171. The average Bonchev–Trinajstić information content (AvgIpc) is 2.78. The summed E-state index contributed by atoms with van der Waals surface area (Å²) in [7, 11) is 0. The normalized spacial score (nSPS) is 20.9. The van der Waals surface area contributed by atoms with E-state index in [1.54, 1.807) is 4.90 Å². The van der Waals surface area contributed by atoms with Gasteiger partial charge >= 0.3 is 5.97 Å². The molecule has 7 nitrogen and oxygen atoms in total. The number of benzene rings is 1. The van der Waals surface area contributed by atoms with Crippen molar-refractivity contribution in [1.29, 1.82) is 0 Å². The van der Waals surface area contributed by atoms with E-state index in [1.807, 2.05) is 40.7 Å². The number of aryl methyl sites for hydroxylation is 1. The summed E-state index contributed by atoms with van der Waals surface area (Å²) in [4.78, 5) is 43.6. The van der Waals surface area contributed by atoms with Gasteiger partial charge in [0.05, 0.1) is 0 Å². The number of piperazine rings is 1. The molecule has 2 saturated heterocycles. The maximum absolute atomic E-state index is 13.5. The molecule has 1 N–H and O–H groups in total. The van der Waals surface area contributed by atoms with Gasteiger partial charge in [-0.25, -0.2) is 0 Å². The van der Waals surface area contributed by atoms with Crippen LogP contribution in [-0.4, -0.2) is 70.9 Å². The molecule has 1 atom stereocenters. The van der Waals surface area contributed by atoms with Crippen molar-refractivity contribution in [1.82, 2.24) is 15.1 Å². The Kier molecular flexibility index (Phi) is 8.97. The molecule has 1 spiro atoms. The van der Waals surface area contributed by atoms with Crippen LogP contribution in [-0.2, 0) is 25.5 Å². The number of carbonyl (C=O) groups excluding carboxylic acids is 3. The van der Waals surface area contributed by atoms with Crippen LogP contribution in [0.3, 0.4) is 0 Å². The van der Waals surface area contributed by atoms with Gasteiger partial charge in [0.25, 0.3) is 0 Å². The molecule has 0 aliphatic carbocycles. The lowest BCUT2D eigenvalue weighted by Crippen LogP contribution is -2.73. The quantitative estimate of drug-likeness (QED) is 0.427. The molecule has 0 bridgehead atoms. The Morgan fingerprint density at radius 1 is 1.11 bits per heavy atom. The van der Waals surface area contributed by atoms with E-state index < -0.39 is 23.2 Å². The number of unbranched alkanes of at least 4 members (excludes halogenated alkanes) is 1. The second kappa shape index (κ2) is 11.5. The minimum Gasteiger partial charge on any atom is -0.459 e. The predicted molar refractivity (Wildman–Crippen MR) is 137 cm³/mol. The van der Waals surface area contributed by atoms with Gasteiger partial charge in [-0.3, -0.25) is 14.4 Å². The fourth-order valence-electron chi connectivity index (χ4n) is 5.19. The average molecular weight is 486 g/mol. The highest BCUT2D eigenvalue weighted by Crippen LogP contribution is 2.34. The highest BCUT2D eigenvalue weighted by Gasteiger charge is 2.54. The second-order valence-corrected chi connectivity index (χ2v) is 11.5. The molecule has 2 heterocycles. The number of carbonyl (C=O) groups is 3. The zero-order valence-electron chi connectivity index (χ0n) is 22.1. The van der Waals surface area contributed by atoms with Crippen LogP contribution in [0.1, 0.15) is 72.3 Å². The predicted octanol–water partition coefficient (Wildman–Crippen LogP) is 3.56. The zero-order valence-corrected chi connectivity index (χ0v) is 22.1. The van der Waals surface area contributed by atoms with Gasteiger partial charge in [-0.2, -0.15) is 0 Å². The van der Waals surface area contributed by atoms with Crippen molar-refractivity contribution < 1.29 is 19.1 Å². The molecule has 0 aromatic heterocycles. The summed E-state index contributed by atoms with van der Waals surface area (Å²) in [6.07, 6.45) is 4.88. The minimum absolute atomic E-state index is 0.130. The first-order chi connectivity index (χ1) is 16.5. The number of nitrogens with zero attached hydrogens (tertiary/aromatic N) is 2. The molecular formula is C28H43N3O4. The van der Waals surface area contributed by atoms with E-state index >= 15 is 0 Å². The monoisotopic (exact) mass is 485 g/mol. The van der Waals surface area contributed by atoms with E-state index in [2.05, 4.69) is 34.5 Å². The third-order valence-electron chi connectivity index (χ3n) is 6.94. The molecular weight excluding hydrogens is 442 g/mol. The number of amides is 2. The Labute approximate surface area is 210 Å². The number of esters is 1. The molecule has 3 rings (SSSR count). The summed E-state index contributed by atoms with van der Waals surface area (Å²) >= 11 is 0. The van der Waals surface area contributed by atoms with Crippen molar-refractivity contribution in [3.63, 3.8) is 0 Å².